The summed E-state index contributed by atoms with van der Waals surface area (Å²) < 4.78 is 11.0. The Hall–Kier alpha value is -0.120. The van der Waals surface area contributed by atoms with E-state index in [1.807, 2.05) is 0 Å². The molecule has 138 valence electrons. The monoisotopic (exact) mass is 442 g/mol. The maximum Gasteiger partial charge on any atom is 0.191 e. The van der Waals surface area contributed by atoms with Crippen LogP contribution < -0.4 is 10.6 Å². The van der Waals surface area contributed by atoms with Crippen LogP contribution in [0.3, 0.4) is 0 Å². The van der Waals surface area contributed by atoms with Crippen molar-refractivity contribution in [3.8, 4) is 0 Å². The molecule has 23 heavy (non-hydrogen) atoms. The number of guanidine groups is 1. The first-order chi connectivity index (χ1) is 10.7. The topological polar surface area (TPSA) is 58.1 Å². The Balaban J connectivity index is 0.00000484. The molecule has 1 saturated heterocycles. The van der Waals surface area contributed by atoms with Crippen molar-refractivity contribution in [2.24, 2.45) is 10.9 Å². The zero-order valence-corrected chi connectivity index (χ0v) is 17.3. The number of nitrogens with zero attached hydrogens (tertiary/aromatic N) is 2. The van der Waals surface area contributed by atoms with E-state index in [-0.39, 0.29) is 24.0 Å². The molecule has 0 bridgehead atoms. The number of rotatable bonds is 11. The first-order valence-corrected chi connectivity index (χ1v) is 8.54. The minimum absolute atomic E-state index is 0. The van der Waals surface area contributed by atoms with Crippen molar-refractivity contribution >= 4 is 29.9 Å². The molecule has 1 aliphatic heterocycles. The third-order valence-corrected chi connectivity index (χ3v) is 3.51. The third kappa shape index (κ3) is 12.9. The molecule has 1 unspecified atom stereocenters. The van der Waals surface area contributed by atoms with Crippen molar-refractivity contribution in [1.82, 2.24) is 15.5 Å². The lowest BCUT2D eigenvalue weighted by molar-refractivity contribution is 0.0893. The summed E-state index contributed by atoms with van der Waals surface area (Å²) >= 11 is 0. The van der Waals surface area contributed by atoms with Crippen LogP contribution in [0.2, 0.25) is 0 Å². The number of hydrogen-bond acceptors (Lipinski definition) is 4. The zero-order valence-electron chi connectivity index (χ0n) is 15.0. The Morgan fingerprint density at radius 2 is 2.13 bits per heavy atom. The molecule has 0 aromatic carbocycles. The molecule has 0 amide bonds. The number of nitrogens with one attached hydrogen (secondary N) is 2. The van der Waals surface area contributed by atoms with Gasteiger partial charge >= 0.3 is 0 Å². The van der Waals surface area contributed by atoms with Gasteiger partial charge in [-0.05, 0) is 46.8 Å². The number of hydrogen-bond donors (Lipinski definition) is 2. The molecule has 1 aliphatic rings. The average Bonchev–Trinajstić information content (AvgIpc) is 3.00. The molecule has 1 atom stereocenters. The lowest BCUT2D eigenvalue weighted by atomic mass is 10.1. The molecular formula is C16H35IN4O2. The first kappa shape index (κ1) is 22.9. The first-order valence-electron chi connectivity index (χ1n) is 8.54. The molecule has 0 aliphatic carbocycles. The molecule has 2 N–H and O–H groups in total. The Bertz CT molecular complexity index is 298. The molecule has 0 aromatic heterocycles. The smallest absolute Gasteiger partial charge is 0.191 e. The van der Waals surface area contributed by atoms with Crippen LogP contribution >= 0.6 is 24.0 Å². The van der Waals surface area contributed by atoms with Gasteiger partial charge in [0, 0.05) is 38.8 Å². The third-order valence-electron chi connectivity index (χ3n) is 3.51. The van der Waals surface area contributed by atoms with Crippen LogP contribution in [-0.2, 0) is 9.47 Å². The molecule has 1 heterocycles. The number of halogens is 1. The van der Waals surface area contributed by atoms with Crippen molar-refractivity contribution in [1.29, 1.82) is 0 Å². The van der Waals surface area contributed by atoms with Crippen molar-refractivity contribution in [2.75, 3.05) is 66.7 Å². The van der Waals surface area contributed by atoms with Crippen molar-refractivity contribution in [2.45, 2.75) is 26.2 Å². The van der Waals surface area contributed by atoms with Crippen LogP contribution in [0.4, 0.5) is 0 Å². The van der Waals surface area contributed by atoms with E-state index in [9.17, 15) is 0 Å². The van der Waals surface area contributed by atoms with Gasteiger partial charge in [-0.1, -0.05) is 0 Å². The van der Waals surface area contributed by atoms with Crippen LogP contribution in [0.5, 0.6) is 0 Å². The zero-order chi connectivity index (χ0) is 16.0. The molecule has 7 heteroatoms. The summed E-state index contributed by atoms with van der Waals surface area (Å²) in [4.78, 5) is 6.77. The standard InChI is InChI=1S/C16H34N4O2.HI/c1-4-17-16(18-8-5-10-20(2)3)19-9-6-11-21-13-15-7-12-22-14-15;/h15H,4-14H2,1-3H3,(H2,17,18,19);1H. The molecule has 1 rings (SSSR count). The van der Waals surface area contributed by atoms with Crippen molar-refractivity contribution in [3.05, 3.63) is 0 Å². The van der Waals surface area contributed by atoms with Gasteiger partial charge in [0.15, 0.2) is 5.96 Å². The lowest BCUT2D eigenvalue weighted by Gasteiger charge is -2.13. The highest BCUT2D eigenvalue weighted by Crippen LogP contribution is 2.12. The van der Waals surface area contributed by atoms with Gasteiger partial charge in [0.2, 0.25) is 0 Å². The van der Waals surface area contributed by atoms with Gasteiger partial charge in [0.1, 0.15) is 0 Å². The molecule has 0 spiro atoms. The molecule has 6 nitrogen and oxygen atoms in total. The van der Waals surface area contributed by atoms with Crippen molar-refractivity contribution < 1.29 is 9.47 Å². The molecule has 0 saturated carbocycles. The normalized spacial score (nSPS) is 18.1. The van der Waals surface area contributed by atoms with E-state index in [1.54, 1.807) is 0 Å². The highest BCUT2D eigenvalue weighted by molar-refractivity contribution is 14.0. The van der Waals surface area contributed by atoms with Gasteiger partial charge in [-0.2, -0.15) is 0 Å². The van der Waals surface area contributed by atoms with E-state index in [1.165, 1.54) is 0 Å². The van der Waals surface area contributed by atoms with E-state index in [4.69, 9.17) is 9.47 Å². The minimum Gasteiger partial charge on any atom is -0.381 e. The highest BCUT2D eigenvalue weighted by atomic mass is 127. The van der Waals surface area contributed by atoms with Crippen molar-refractivity contribution in [3.63, 3.8) is 0 Å². The second kappa shape index (κ2) is 15.4. The number of aliphatic imine (C=N–C) groups is 1. The van der Waals surface area contributed by atoms with E-state index in [0.29, 0.717) is 5.92 Å². The second-order valence-electron chi connectivity index (χ2n) is 6.00. The summed E-state index contributed by atoms with van der Waals surface area (Å²) in [5.41, 5.74) is 0. The fourth-order valence-corrected chi connectivity index (χ4v) is 2.27. The van der Waals surface area contributed by atoms with Gasteiger partial charge in [-0.15, -0.1) is 24.0 Å². The largest absolute Gasteiger partial charge is 0.381 e. The van der Waals surface area contributed by atoms with E-state index in [0.717, 1.165) is 77.8 Å². The lowest BCUT2D eigenvalue weighted by Crippen LogP contribution is -2.38. The molecule has 1 fully saturated rings. The predicted molar refractivity (Wildman–Crippen MR) is 107 cm³/mol. The summed E-state index contributed by atoms with van der Waals surface area (Å²) in [6.45, 7) is 9.16. The van der Waals surface area contributed by atoms with Crippen LogP contribution in [0.25, 0.3) is 0 Å². The summed E-state index contributed by atoms with van der Waals surface area (Å²) in [6, 6.07) is 0. The summed E-state index contributed by atoms with van der Waals surface area (Å²) in [7, 11) is 4.19. The van der Waals surface area contributed by atoms with Gasteiger partial charge < -0.3 is 25.0 Å². The van der Waals surface area contributed by atoms with E-state index in [2.05, 4.69) is 41.5 Å². The summed E-state index contributed by atoms with van der Waals surface area (Å²) in [5.74, 6) is 1.50. The second-order valence-corrected chi connectivity index (χ2v) is 6.00. The number of ether oxygens (including phenoxy) is 2. The van der Waals surface area contributed by atoms with E-state index < -0.39 is 0 Å². The molecular weight excluding hydrogens is 407 g/mol. The Morgan fingerprint density at radius 3 is 2.78 bits per heavy atom. The summed E-state index contributed by atoms with van der Waals surface area (Å²) in [5, 5.41) is 6.64. The van der Waals surface area contributed by atoms with Gasteiger partial charge in [0.25, 0.3) is 0 Å². The van der Waals surface area contributed by atoms with Crippen LogP contribution in [0.1, 0.15) is 26.2 Å². The van der Waals surface area contributed by atoms with Gasteiger partial charge in [-0.3, -0.25) is 4.99 Å². The van der Waals surface area contributed by atoms with Gasteiger partial charge in [0.05, 0.1) is 13.2 Å². The predicted octanol–water partition coefficient (Wildman–Crippen LogP) is 1.55. The fraction of sp³-hybridized carbons (Fsp3) is 0.938. The van der Waals surface area contributed by atoms with Crippen LogP contribution in [0, 0.1) is 5.92 Å². The maximum atomic E-state index is 5.69. The van der Waals surface area contributed by atoms with Gasteiger partial charge in [-0.25, -0.2) is 0 Å². The fourth-order valence-electron chi connectivity index (χ4n) is 2.27. The highest BCUT2D eigenvalue weighted by Gasteiger charge is 2.15. The SMILES string of the molecule is CCNC(=NCCCOCC1CCOC1)NCCCN(C)C.I. The Morgan fingerprint density at radius 1 is 1.30 bits per heavy atom. The molecule has 0 aromatic rings. The van der Waals surface area contributed by atoms with E-state index >= 15 is 0 Å². The quantitative estimate of drug-likeness (QED) is 0.220. The minimum atomic E-state index is 0. The van der Waals surface area contributed by atoms with Crippen LogP contribution in [-0.4, -0.2) is 77.6 Å². The molecule has 0 radical (unpaired) electrons. The Kier molecular flexibility index (Phi) is 15.3. The summed E-state index contributed by atoms with van der Waals surface area (Å²) in [6.07, 6.45) is 3.21. The maximum absolute atomic E-state index is 5.69. The average molecular weight is 442 g/mol. The van der Waals surface area contributed by atoms with Crippen LogP contribution in [0.15, 0.2) is 4.99 Å². The Labute approximate surface area is 158 Å².